The van der Waals surface area contributed by atoms with Crippen LogP contribution in [0.15, 0.2) is 53.4 Å². The van der Waals surface area contributed by atoms with Gasteiger partial charge in [0, 0.05) is 24.8 Å². The molecule has 0 heterocycles. The molecule has 0 saturated heterocycles. The van der Waals surface area contributed by atoms with Crippen molar-refractivity contribution in [2.75, 3.05) is 18.4 Å². The van der Waals surface area contributed by atoms with Crippen molar-refractivity contribution in [3.8, 4) is 0 Å². The minimum Gasteiger partial charge on any atom is -0.325 e. The van der Waals surface area contributed by atoms with E-state index in [-0.39, 0.29) is 16.8 Å². The van der Waals surface area contributed by atoms with Gasteiger partial charge in [-0.15, -0.1) is 0 Å². The standard InChI is InChI=1S/C23H33N3O3S/c1-6-19-9-13-21(14-10-19)25-23(27)18(5)24-17(4)20-11-15-22(16-12-20)30(28,29)26(7-2)8-3/h9-18,24H,6-8H2,1-5H3,(H,25,27)/t17-,18-/m1/s1. The van der Waals surface area contributed by atoms with Crippen LogP contribution in [0.4, 0.5) is 5.69 Å². The maximum Gasteiger partial charge on any atom is 0.243 e. The molecule has 0 radical (unpaired) electrons. The molecule has 2 atom stereocenters. The minimum absolute atomic E-state index is 0.113. The highest BCUT2D eigenvalue weighted by Gasteiger charge is 2.22. The van der Waals surface area contributed by atoms with Gasteiger partial charge < -0.3 is 5.32 Å². The molecule has 1 amide bonds. The van der Waals surface area contributed by atoms with Gasteiger partial charge in [0.2, 0.25) is 15.9 Å². The monoisotopic (exact) mass is 431 g/mol. The third-order valence-corrected chi connectivity index (χ3v) is 7.31. The smallest absolute Gasteiger partial charge is 0.243 e. The molecule has 2 rings (SSSR count). The highest BCUT2D eigenvalue weighted by molar-refractivity contribution is 7.89. The topological polar surface area (TPSA) is 78.5 Å². The van der Waals surface area contributed by atoms with Crippen LogP contribution in [0.2, 0.25) is 0 Å². The number of carbonyl (C=O) groups is 1. The lowest BCUT2D eigenvalue weighted by atomic mass is 10.1. The van der Waals surface area contributed by atoms with Crippen LogP contribution in [-0.4, -0.2) is 37.8 Å². The van der Waals surface area contributed by atoms with Crippen LogP contribution in [0.3, 0.4) is 0 Å². The van der Waals surface area contributed by atoms with Gasteiger partial charge in [-0.3, -0.25) is 10.1 Å². The van der Waals surface area contributed by atoms with Gasteiger partial charge in [0.15, 0.2) is 0 Å². The molecule has 30 heavy (non-hydrogen) atoms. The summed E-state index contributed by atoms with van der Waals surface area (Å²) in [6.45, 7) is 10.4. The highest BCUT2D eigenvalue weighted by Crippen LogP contribution is 2.20. The van der Waals surface area contributed by atoms with E-state index in [1.165, 1.54) is 9.87 Å². The highest BCUT2D eigenvalue weighted by atomic mass is 32.2. The summed E-state index contributed by atoms with van der Waals surface area (Å²) in [6, 6.07) is 14.1. The summed E-state index contributed by atoms with van der Waals surface area (Å²) >= 11 is 0. The Morgan fingerprint density at radius 2 is 1.50 bits per heavy atom. The molecule has 7 heteroatoms. The summed E-state index contributed by atoms with van der Waals surface area (Å²) < 4.78 is 26.7. The Labute approximate surface area is 180 Å². The summed E-state index contributed by atoms with van der Waals surface area (Å²) in [5.41, 5.74) is 2.91. The van der Waals surface area contributed by atoms with E-state index in [4.69, 9.17) is 0 Å². The lowest BCUT2D eigenvalue weighted by Gasteiger charge is -2.21. The number of carbonyl (C=O) groups excluding carboxylic acids is 1. The van der Waals surface area contributed by atoms with Gasteiger partial charge in [0.05, 0.1) is 10.9 Å². The Balaban J connectivity index is 2.00. The lowest BCUT2D eigenvalue weighted by molar-refractivity contribution is -0.117. The first-order valence-electron chi connectivity index (χ1n) is 10.5. The average Bonchev–Trinajstić information content (AvgIpc) is 2.75. The van der Waals surface area contributed by atoms with Crippen molar-refractivity contribution in [1.82, 2.24) is 9.62 Å². The maximum absolute atomic E-state index is 12.6. The maximum atomic E-state index is 12.6. The number of hydrogen-bond donors (Lipinski definition) is 2. The second kappa shape index (κ2) is 10.7. The van der Waals surface area contributed by atoms with E-state index in [9.17, 15) is 13.2 Å². The Hall–Kier alpha value is -2.22. The Kier molecular flexibility index (Phi) is 8.58. The van der Waals surface area contributed by atoms with Crippen molar-refractivity contribution in [3.05, 3.63) is 59.7 Å². The van der Waals surface area contributed by atoms with Crippen LogP contribution in [0, 0.1) is 0 Å². The van der Waals surface area contributed by atoms with Gasteiger partial charge in [-0.1, -0.05) is 45.0 Å². The van der Waals surface area contributed by atoms with Crippen LogP contribution in [-0.2, 0) is 21.2 Å². The molecule has 0 spiro atoms. The van der Waals surface area contributed by atoms with Crippen LogP contribution < -0.4 is 10.6 Å². The van der Waals surface area contributed by atoms with Crippen molar-refractivity contribution in [2.45, 2.75) is 58.0 Å². The van der Waals surface area contributed by atoms with Crippen LogP contribution >= 0.6 is 0 Å². The summed E-state index contributed by atoms with van der Waals surface area (Å²) in [4.78, 5) is 12.8. The molecule has 0 aromatic heterocycles. The fourth-order valence-corrected chi connectivity index (χ4v) is 4.72. The first-order valence-corrected chi connectivity index (χ1v) is 11.9. The first kappa shape index (κ1) is 24.1. The molecular weight excluding hydrogens is 398 g/mol. The fraction of sp³-hybridized carbons (Fsp3) is 0.435. The number of sulfonamides is 1. The SMILES string of the molecule is CCc1ccc(NC(=O)[C@@H](C)N[C@H](C)c2ccc(S(=O)(=O)N(CC)CC)cc2)cc1. The summed E-state index contributed by atoms with van der Waals surface area (Å²) in [7, 11) is -3.47. The number of hydrogen-bond acceptors (Lipinski definition) is 4. The minimum atomic E-state index is -3.47. The number of nitrogens with one attached hydrogen (secondary N) is 2. The second-order valence-corrected chi connectivity index (χ2v) is 9.25. The molecule has 0 aliphatic carbocycles. The van der Waals surface area contributed by atoms with E-state index in [1.54, 1.807) is 24.3 Å². The van der Waals surface area contributed by atoms with Crippen molar-refractivity contribution < 1.29 is 13.2 Å². The molecule has 6 nitrogen and oxygen atoms in total. The summed E-state index contributed by atoms with van der Waals surface area (Å²) in [5.74, 6) is -0.119. The molecule has 0 fully saturated rings. The van der Waals surface area contributed by atoms with Gasteiger partial charge in [-0.2, -0.15) is 4.31 Å². The van der Waals surface area contributed by atoms with E-state index in [0.717, 1.165) is 17.7 Å². The van der Waals surface area contributed by atoms with Gasteiger partial charge in [0.25, 0.3) is 0 Å². The van der Waals surface area contributed by atoms with Gasteiger partial charge in [-0.25, -0.2) is 8.42 Å². The number of benzene rings is 2. The summed E-state index contributed by atoms with van der Waals surface area (Å²) in [5, 5.41) is 6.19. The van der Waals surface area contributed by atoms with E-state index in [2.05, 4.69) is 17.6 Å². The quantitative estimate of drug-likeness (QED) is 0.597. The van der Waals surface area contributed by atoms with Crippen molar-refractivity contribution >= 4 is 21.6 Å². The number of anilines is 1. The number of nitrogens with zero attached hydrogens (tertiary/aromatic N) is 1. The van der Waals surface area contributed by atoms with Crippen molar-refractivity contribution in [1.29, 1.82) is 0 Å². The molecule has 0 unspecified atom stereocenters. The van der Waals surface area contributed by atoms with Crippen molar-refractivity contribution in [2.24, 2.45) is 0 Å². The summed E-state index contributed by atoms with van der Waals surface area (Å²) in [6.07, 6.45) is 0.957. The van der Waals surface area contributed by atoms with Gasteiger partial charge in [0.1, 0.15) is 0 Å². The van der Waals surface area contributed by atoms with Crippen molar-refractivity contribution in [3.63, 3.8) is 0 Å². The zero-order valence-corrected chi connectivity index (χ0v) is 19.3. The number of rotatable bonds is 10. The van der Waals surface area contributed by atoms with Crippen LogP contribution in [0.5, 0.6) is 0 Å². The van der Waals surface area contributed by atoms with Crippen LogP contribution in [0.1, 0.15) is 51.8 Å². The third-order valence-electron chi connectivity index (χ3n) is 5.25. The third kappa shape index (κ3) is 5.90. The van der Waals surface area contributed by atoms with Gasteiger partial charge >= 0.3 is 0 Å². The van der Waals surface area contributed by atoms with E-state index in [0.29, 0.717) is 13.1 Å². The first-order chi connectivity index (χ1) is 14.2. The fourth-order valence-electron chi connectivity index (χ4n) is 3.26. The predicted octanol–water partition coefficient (Wildman–Crippen LogP) is 3.96. The molecule has 2 N–H and O–H groups in total. The van der Waals surface area contributed by atoms with E-state index in [1.807, 2.05) is 52.0 Å². The molecular formula is C23H33N3O3S. The average molecular weight is 432 g/mol. The lowest BCUT2D eigenvalue weighted by Crippen LogP contribution is -2.39. The Morgan fingerprint density at radius 1 is 0.933 bits per heavy atom. The Bertz CT molecular complexity index is 921. The molecule has 0 aliphatic heterocycles. The molecule has 0 aliphatic rings. The second-order valence-electron chi connectivity index (χ2n) is 7.31. The molecule has 2 aromatic carbocycles. The number of aryl methyl sites for hydroxylation is 1. The molecule has 164 valence electrons. The Morgan fingerprint density at radius 3 is 2.00 bits per heavy atom. The zero-order chi connectivity index (χ0) is 22.3. The van der Waals surface area contributed by atoms with Gasteiger partial charge in [-0.05, 0) is 55.7 Å². The molecule has 2 aromatic rings. The zero-order valence-electron chi connectivity index (χ0n) is 18.5. The van der Waals surface area contributed by atoms with Crippen LogP contribution in [0.25, 0.3) is 0 Å². The van der Waals surface area contributed by atoms with E-state index < -0.39 is 16.1 Å². The largest absolute Gasteiger partial charge is 0.325 e. The molecule has 0 bridgehead atoms. The number of amides is 1. The molecule has 0 saturated carbocycles. The normalized spacial score (nSPS) is 13.8. The predicted molar refractivity (Wildman–Crippen MR) is 122 cm³/mol. The van der Waals surface area contributed by atoms with E-state index >= 15 is 0 Å².